The van der Waals surface area contributed by atoms with Gasteiger partial charge < -0.3 is 29.4 Å². The number of carbonyl (C=O) groups is 2. The molecule has 1 amide bonds. The van der Waals surface area contributed by atoms with Crippen molar-refractivity contribution < 1.29 is 46.6 Å². The van der Waals surface area contributed by atoms with Gasteiger partial charge in [-0.3, -0.25) is 14.1 Å². The number of carbonyl (C=O) groups excluding carboxylic acids is 1. The molecule has 0 spiro atoms. The van der Waals surface area contributed by atoms with Gasteiger partial charge in [0.2, 0.25) is 5.91 Å². The molecule has 0 radical (unpaired) electrons. The first-order valence-electron chi connectivity index (χ1n) is 8.06. The predicted molar refractivity (Wildman–Crippen MR) is 96.7 cm³/mol. The molecule has 0 heterocycles. The minimum atomic E-state index is -4.07. The van der Waals surface area contributed by atoms with Gasteiger partial charge >= 0.3 is 35.5 Å². The van der Waals surface area contributed by atoms with Crippen LogP contribution in [-0.4, -0.2) is 125 Å². The summed E-state index contributed by atoms with van der Waals surface area (Å²) >= 11 is 0. The summed E-state index contributed by atoms with van der Waals surface area (Å²) in [7, 11) is -4.07. The van der Waals surface area contributed by atoms with E-state index in [1.165, 1.54) is 0 Å². The zero-order valence-electron chi connectivity index (χ0n) is 14.6. The molecule has 0 rings (SSSR count). The van der Waals surface area contributed by atoms with Gasteiger partial charge in [0.25, 0.3) is 10.1 Å². The van der Waals surface area contributed by atoms with Gasteiger partial charge in [-0.2, -0.15) is 8.42 Å². The Labute approximate surface area is 181 Å². The fourth-order valence-corrected chi connectivity index (χ4v) is 1.85. The van der Waals surface area contributed by atoms with E-state index in [2.05, 4.69) is 5.32 Å². The topological polar surface area (TPSA) is 158 Å². The maximum atomic E-state index is 11.3. The predicted octanol–water partition coefficient (Wildman–Crippen LogP) is -1.73. The molecule has 27 heavy (non-hydrogen) atoms. The summed E-state index contributed by atoms with van der Waals surface area (Å²) in [5.41, 5.74) is 0. The van der Waals surface area contributed by atoms with Crippen LogP contribution in [0, 0.1) is 0 Å². The second kappa shape index (κ2) is 19.0. The number of carboxylic acids is 1. The minimum absolute atomic E-state index is 0. The number of hydrogen-bond donors (Lipinski definition) is 3. The fraction of sp³-hybridized carbons (Fsp3) is 0.857. The molecule has 156 valence electrons. The molecule has 0 fully saturated rings. The van der Waals surface area contributed by atoms with Crippen molar-refractivity contribution in [1.82, 2.24) is 5.32 Å². The van der Waals surface area contributed by atoms with E-state index < -0.39 is 21.8 Å². The van der Waals surface area contributed by atoms with Crippen molar-refractivity contribution in [1.29, 1.82) is 0 Å². The number of ether oxygens (including phenoxy) is 4. The third-order valence-corrected chi connectivity index (χ3v) is 3.45. The van der Waals surface area contributed by atoms with E-state index >= 15 is 0 Å². The SMILES string of the molecule is O=C(O)CCOCCOCCOCCOCCC(=O)NCCS(=O)(=O)O.[NaH]. The van der Waals surface area contributed by atoms with Gasteiger partial charge in [0.05, 0.1) is 65.0 Å². The molecule has 0 bridgehead atoms. The molecule has 0 aliphatic heterocycles. The van der Waals surface area contributed by atoms with Gasteiger partial charge in [-0.25, -0.2) is 0 Å². The third kappa shape index (κ3) is 25.7. The van der Waals surface area contributed by atoms with E-state index in [1.54, 1.807) is 0 Å². The molecule has 0 aromatic rings. The van der Waals surface area contributed by atoms with Crippen molar-refractivity contribution in [3.8, 4) is 0 Å². The van der Waals surface area contributed by atoms with Crippen molar-refractivity contribution in [3.05, 3.63) is 0 Å². The number of carboxylic acid groups (broad SMARTS) is 1. The van der Waals surface area contributed by atoms with E-state index in [-0.39, 0.29) is 68.1 Å². The van der Waals surface area contributed by atoms with Crippen LogP contribution in [-0.2, 0) is 38.7 Å². The van der Waals surface area contributed by atoms with Crippen molar-refractivity contribution >= 4 is 51.6 Å². The first-order valence-corrected chi connectivity index (χ1v) is 9.67. The van der Waals surface area contributed by atoms with Crippen molar-refractivity contribution in [2.24, 2.45) is 0 Å². The normalized spacial score (nSPS) is 11.0. The summed E-state index contributed by atoms with van der Waals surface area (Å²) in [4.78, 5) is 21.5. The van der Waals surface area contributed by atoms with Crippen LogP contribution in [0.5, 0.6) is 0 Å². The van der Waals surface area contributed by atoms with Gasteiger partial charge in [0.1, 0.15) is 0 Å². The summed E-state index contributed by atoms with van der Waals surface area (Å²) in [6.45, 7) is 2.24. The first kappa shape index (κ1) is 28.9. The summed E-state index contributed by atoms with van der Waals surface area (Å²) in [6.07, 6.45) is 0.0474. The second-order valence-corrected chi connectivity index (χ2v) is 6.55. The van der Waals surface area contributed by atoms with Crippen molar-refractivity contribution in [3.63, 3.8) is 0 Å². The zero-order valence-corrected chi connectivity index (χ0v) is 15.4. The quantitative estimate of drug-likeness (QED) is 0.131. The number of aliphatic carboxylic acids is 1. The van der Waals surface area contributed by atoms with E-state index in [4.69, 9.17) is 28.6 Å². The molecular formula is C14H28NNaO10S. The van der Waals surface area contributed by atoms with Crippen molar-refractivity contribution in [2.45, 2.75) is 12.8 Å². The van der Waals surface area contributed by atoms with Crippen LogP contribution in [0.3, 0.4) is 0 Å². The summed E-state index contributed by atoms with van der Waals surface area (Å²) < 4.78 is 50.1. The van der Waals surface area contributed by atoms with Gasteiger partial charge in [-0.05, 0) is 0 Å². The summed E-state index contributed by atoms with van der Waals surface area (Å²) in [5.74, 6) is -1.79. The molecule has 0 aliphatic rings. The second-order valence-electron chi connectivity index (χ2n) is 4.98. The van der Waals surface area contributed by atoms with Crippen molar-refractivity contribution in [2.75, 3.05) is 65.2 Å². The Kier molecular flexibility index (Phi) is 20.4. The number of nitrogens with one attached hydrogen (secondary N) is 1. The number of amides is 1. The first-order chi connectivity index (χ1) is 12.3. The Morgan fingerprint density at radius 2 is 1.19 bits per heavy atom. The van der Waals surface area contributed by atoms with Crippen LogP contribution in [0.2, 0.25) is 0 Å². The summed E-state index contributed by atoms with van der Waals surface area (Å²) in [5, 5.41) is 10.7. The van der Waals surface area contributed by atoms with E-state index in [0.717, 1.165) is 0 Å². The standard InChI is InChI=1S/C14H27NO10S.Na.H/c16-13(15-3-12-26(19,20)21)1-4-22-6-8-24-10-11-25-9-7-23-5-2-14(17)18;;/h1-12H2,(H,15,16)(H,17,18)(H,19,20,21);;. The van der Waals surface area contributed by atoms with Crippen LogP contribution < -0.4 is 5.32 Å². The molecule has 0 aromatic heterocycles. The zero-order chi connectivity index (χ0) is 19.7. The number of hydrogen-bond acceptors (Lipinski definition) is 8. The Morgan fingerprint density at radius 1 is 0.778 bits per heavy atom. The number of rotatable bonds is 18. The fourth-order valence-electron chi connectivity index (χ4n) is 1.49. The molecule has 0 unspecified atom stereocenters. The third-order valence-electron chi connectivity index (χ3n) is 2.73. The van der Waals surface area contributed by atoms with E-state index in [9.17, 15) is 18.0 Å². The molecule has 0 aliphatic carbocycles. The molecule has 0 saturated heterocycles. The molecule has 0 atom stereocenters. The van der Waals surface area contributed by atoms with Crippen LogP contribution in [0.15, 0.2) is 0 Å². The van der Waals surface area contributed by atoms with E-state index in [1.807, 2.05) is 0 Å². The molecule has 3 N–H and O–H groups in total. The Hall–Kier alpha value is -0.310. The monoisotopic (exact) mass is 425 g/mol. The van der Waals surface area contributed by atoms with Crippen LogP contribution >= 0.6 is 0 Å². The molecule has 13 heteroatoms. The van der Waals surface area contributed by atoms with Crippen LogP contribution in [0.1, 0.15) is 12.8 Å². The van der Waals surface area contributed by atoms with Gasteiger partial charge in [0.15, 0.2) is 0 Å². The Balaban J connectivity index is 0. The molecule has 11 nitrogen and oxygen atoms in total. The average molecular weight is 425 g/mol. The Bertz CT molecular complexity index is 488. The van der Waals surface area contributed by atoms with Gasteiger partial charge in [0, 0.05) is 13.0 Å². The van der Waals surface area contributed by atoms with Crippen LogP contribution in [0.25, 0.3) is 0 Å². The average Bonchev–Trinajstić information content (AvgIpc) is 2.53. The Morgan fingerprint density at radius 3 is 1.59 bits per heavy atom. The molecule has 0 saturated carbocycles. The maximum absolute atomic E-state index is 11.3. The van der Waals surface area contributed by atoms with Gasteiger partial charge in [-0.1, -0.05) is 0 Å². The molecule has 0 aromatic carbocycles. The molecular weight excluding hydrogens is 397 g/mol. The van der Waals surface area contributed by atoms with Gasteiger partial charge in [-0.15, -0.1) is 0 Å². The summed E-state index contributed by atoms with van der Waals surface area (Å²) in [6, 6.07) is 0. The van der Waals surface area contributed by atoms with Crippen LogP contribution in [0.4, 0.5) is 0 Å². The van der Waals surface area contributed by atoms with E-state index in [0.29, 0.717) is 39.6 Å².